The monoisotopic (exact) mass is 222 g/mol. The quantitative estimate of drug-likeness (QED) is 0.625. The first-order valence-electron chi connectivity index (χ1n) is 5.15. The number of non-ortho nitro benzene ring substituents is 1. The second kappa shape index (κ2) is 4.09. The molecule has 1 aromatic carbocycles. The van der Waals surface area contributed by atoms with Crippen LogP contribution < -0.4 is 5.32 Å². The number of hydrogen-bond acceptors (Lipinski definition) is 4. The standard InChI is InChI=1S/C11H14N2O3/c1-11(7-16-8-11)6-12-9-2-4-10(5-3-9)13(14)15/h2-5,12H,6-8H2,1H3. The largest absolute Gasteiger partial charge is 0.384 e. The fraction of sp³-hybridized carbons (Fsp3) is 0.455. The van der Waals surface area contributed by atoms with Crippen LogP contribution in [-0.4, -0.2) is 24.7 Å². The third-order valence-corrected chi connectivity index (χ3v) is 2.70. The van der Waals surface area contributed by atoms with Crippen molar-refractivity contribution in [2.75, 3.05) is 25.1 Å². The lowest BCUT2D eigenvalue weighted by atomic mass is 9.89. The molecule has 0 atom stereocenters. The molecule has 0 aromatic heterocycles. The Hall–Kier alpha value is -1.62. The van der Waals surface area contributed by atoms with Crippen molar-refractivity contribution < 1.29 is 9.66 Å². The van der Waals surface area contributed by atoms with Crippen molar-refractivity contribution in [3.63, 3.8) is 0 Å². The molecule has 0 bridgehead atoms. The van der Waals surface area contributed by atoms with E-state index in [1.54, 1.807) is 12.1 Å². The summed E-state index contributed by atoms with van der Waals surface area (Å²) in [5.41, 5.74) is 1.21. The lowest BCUT2D eigenvalue weighted by molar-refractivity contribution is -0.384. The van der Waals surface area contributed by atoms with Gasteiger partial charge in [-0.3, -0.25) is 10.1 Å². The molecule has 1 aliphatic rings. The van der Waals surface area contributed by atoms with Crippen LogP contribution in [0.15, 0.2) is 24.3 Å². The number of nitro benzene ring substituents is 1. The number of nitro groups is 1. The molecular formula is C11H14N2O3. The molecule has 1 heterocycles. The number of anilines is 1. The third kappa shape index (κ3) is 2.30. The Labute approximate surface area is 93.6 Å². The van der Waals surface area contributed by atoms with Gasteiger partial charge in [0.15, 0.2) is 0 Å². The average Bonchev–Trinajstić information content (AvgIpc) is 2.24. The summed E-state index contributed by atoms with van der Waals surface area (Å²) in [4.78, 5) is 10.1. The molecule has 16 heavy (non-hydrogen) atoms. The van der Waals surface area contributed by atoms with Gasteiger partial charge in [-0.1, -0.05) is 6.92 Å². The van der Waals surface area contributed by atoms with Crippen LogP contribution >= 0.6 is 0 Å². The van der Waals surface area contributed by atoms with Gasteiger partial charge in [0.1, 0.15) is 0 Å². The lowest BCUT2D eigenvalue weighted by Crippen LogP contribution is -2.45. The van der Waals surface area contributed by atoms with Gasteiger partial charge in [0.2, 0.25) is 0 Å². The van der Waals surface area contributed by atoms with E-state index in [9.17, 15) is 10.1 Å². The third-order valence-electron chi connectivity index (χ3n) is 2.70. The number of benzene rings is 1. The highest BCUT2D eigenvalue weighted by Gasteiger charge is 2.32. The van der Waals surface area contributed by atoms with Gasteiger partial charge in [-0.05, 0) is 12.1 Å². The zero-order valence-corrected chi connectivity index (χ0v) is 9.10. The van der Waals surface area contributed by atoms with E-state index in [0.29, 0.717) is 0 Å². The van der Waals surface area contributed by atoms with Crippen LogP contribution in [0.25, 0.3) is 0 Å². The van der Waals surface area contributed by atoms with E-state index in [1.165, 1.54) is 12.1 Å². The van der Waals surface area contributed by atoms with Crippen LogP contribution in [0, 0.1) is 15.5 Å². The molecule has 1 N–H and O–H groups in total. The van der Waals surface area contributed by atoms with Gasteiger partial charge < -0.3 is 10.1 Å². The van der Waals surface area contributed by atoms with Gasteiger partial charge >= 0.3 is 0 Å². The second-order valence-electron chi connectivity index (χ2n) is 4.46. The second-order valence-corrected chi connectivity index (χ2v) is 4.46. The number of rotatable bonds is 4. The predicted molar refractivity (Wildman–Crippen MR) is 60.5 cm³/mol. The highest BCUT2D eigenvalue weighted by molar-refractivity contribution is 5.48. The van der Waals surface area contributed by atoms with Gasteiger partial charge in [-0.15, -0.1) is 0 Å². The SMILES string of the molecule is CC1(CNc2ccc([N+](=O)[O-])cc2)COC1. The fourth-order valence-electron chi connectivity index (χ4n) is 1.57. The van der Waals surface area contributed by atoms with Crippen molar-refractivity contribution >= 4 is 11.4 Å². The fourth-order valence-corrected chi connectivity index (χ4v) is 1.57. The maximum atomic E-state index is 10.5. The number of ether oxygens (including phenoxy) is 1. The highest BCUT2D eigenvalue weighted by atomic mass is 16.6. The molecule has 0 radical (unpaired) electrons. The summed E-state index contributed by atoms with van der Waals surface area (Å²) in [5, 5.41) is 13.7. The van der Waals surface area contributed by atoms with Gasteiger partial charge in [0.05, 0.1) is 18.1 Å². The summed E-state index contributed by atoms with van der Waals surface area (Å²) in [6.07, 6.45) is 0. The Morgan fingerprint density at radius 1 is 1.44 bits per heavy atom. The first-order valence-corrected chi connectivity index (χ1v) is 5.15. The lowest BCUT2D eigenvalue weighted by Gasteiger charge is -2.38. The molecule has 2 rings (SSSR count). The summed E-state index contributed by atoms with van der Waals surface area (Å²) in [6, 6.07) is 6.45. The Balaban J connectivity index is 1.92. The van der Waals surface area contributed by atoms with E-state index in [2.05, 4.69) is 12.2 Å². The predicted octanol–water partition coefficient (Wildman–Crippen LogP) is 2.04. The first kappa shape index (κ1) is 10.9. The number of nitrogens with zero attached hydrogens (tertiary/aromatic N) is 1. The maximum absolute atomic E-state index is 10.5. The molecule has 0 aliphatic carbocycles. The summed E-state index contributed by atoms with van der Waals surface area (Å²) < 4.78 is 5.15. The average molecular weight is 222 g/mol. The first-order chi connectivity index (χ1) is 7.59. The molecule has 0 amide bonds. The topological polar surface area (TPSA) is 64.4 Å². The van der Waals surface area contributed by atoms with Gasteiger partial charge in [0, 0.05) is 29.8 Å². The molecule has 1 saturated heterocycles. The van der Waals surface area contributed by atoms with Crippen LogP contribution in [0.1, 0.15) is 6.92 Å². The van der Waals surface area contributed by atoms with Crippen molar-refractivity contribution in [2.45, 2.75) is 6.92 Å². The van der Waals surface area contributed by atoms with Gasteiger partial charge in [0.25, 0.3) is 5.69 Å². The molecule has 86 valence electrons. The van der Waals surface area contributed by atoms with Crippen molar-refractivity contribution in [3.05, 3.63) is 34.4 Å². The molecule has 5 nitrogen and oxygen atoms in total. The van der Waals surface area contributed by atoms with Crippen molar-refractivity contribution in [3.8, 4) is 0 Å². The highest BCUT2D eigenvalue weighted by Crippen LogP contribution is 2.27. The molecule has 5 heteroatoms. The maximum Gasteiger partial charge on any atom is 0.269 e. The Morgan fingerprint density at radius 3 is 2.50 bits per heavy atom. The van der Waals surface area contributed by atoms with Crippen LogP contribution in [0.5, 0.6) is 0 Å². The summed E-state index contributed by atoms with van der Waals surface area (Å²) in [5.74, 6) is 0. The molecule has 0 saturated carbocycles. The van der Waals surface area contributed by atoms with Crippen LogP contribution in [0.3, 0.4) is 0 Å². The van der Waals surface area contributed by atoms with Gasteiger partial charge in [-0.25, -0.2) is 0 Å². The molecule has 0 spiro atoms. The molecule has 1 fully saturated rings. The molecular weight excluding hydrogens is 208 g/mol. The zero-order valence-electron chi connectivity index (χ0n) is 9.10. The van der Waals surface area contributed by atoms with E-state index >= 15 is 0 Å². The van der Waals surface area contributed by atoms with Crippen LogP contribution in [-0.2, 0) is 4.74 Å². The minimum Gasteiger partial charge on any atom is -0.384 e. The molecule has 1 aromatic rings. The normalized spacial score (nSPS) is 17.6. The van der Waals surface area contributed by atoms with E-state index in [0.717, 1.165) is 25.4 Å². The Kier molecular flexibility index (Phi) is 2.78. The van der Waals surface area contributed by atoms with E-state index in [-0.39, 0.29) is 11.1 Å². The van der Waals surface area contributed by atoms with Crippen LogP contribution in [0.4, 0.5) is 11.4 Å². The van der Waals surface area contributed by atoms with Crippen LogP contribution in [0.2, 0.25) is 0 Å². The van der Waals surface area contributed by atoms with E-state index < -0.39 is 4.92 Å². The smallest absolute Gasteiger partial charge is 0.269 e. The number of hydrogen-bond donors (Lipinski definition) is 1. The Morgan fingerprint density at radius 2 is 2.06 bits per heavy atom. The van der Waals surface area contributed by atoms with Crippen molar-refractivity contribution in [2.24, 2.45) is 5.41 Å². The van der Waals surface area contributed by atoms with E-state index in [1.807, 2.05) is 0 Å². The summed E-state index contributed by atoms with van der Waals surface area (Å²) >= 11 is 0. The zero-order chi connectivity index (χ0) is 11.6. The van der Waals surface area contributed by atoms with Gasteiger partial charge in [-0.2, -0.15) is 0 Å². The minimum absolute atomic E-state index is 0.115. The summed E-state index contributed by atoms with van der Waals surface area (Å²) in [7, 11) is 0. The Bertz CT molecular complexity index is 385. The van der Waals surface area contributed by atoms with Crippen molar-refractivity contribution in [1.29, 1.82) is 0 Å². The van der Waals surface area contributed by atoms with Crippen molar-refractivity contribution in [1.82, 2.24) is 0 Å². The molecule has 1 aliphatic heterocycles. The number of nitrogens with one attached hydrogen (secondary N) is 1. The minimum atomic E-state index is -0.398. The summed E-state index contributed by atoms with van der Waals surface area (Å²) in [6.45, 7) is 4.51. The van der Waals surface area contributed by atoms with E-state index in [4.69, 9.17) is 4.74 Å². The molecule has 0 unspecified atom stereocenters.